The first kappa shape index (κ1) is 14.6. The number of hydrogen-bond donors (Lipinski definition) is 3. The second-order valence-electron chi connectivity index (χ2n) is 4.72. The van der Waals surface area contributed by atoms with E-state index in [1.54, 1.807) is 31.2 Å². The summed E-state index contributed by atoms with van der Waals surface area (Å²) >= 11 is 0. The number of amides is 1. The van der Waals surface area contributed by atoms with Crippen LogP contribution in [-0.2, 0) is 4.79 Å². The van der Waals surface area contributed by atoms with Crippen LogP contribution in [0.4, 0.5) is 17.1 Å². The third-order valence-electron chi connectivity index (χ3n) is 2.93. The Morgan fingerprint density at radius 3 is 2.29 bits per heavy atom. The molecule has 0 aromatic heterocycles. The van der Waals surface area contributed by atoms with Crippen molar-refractivity contribution in [1.29, 1.82) is 0 Å². The lowest BCUT2D eigenvalue weighted by molar-refractivity contribution is -0.114. The zero-order valence-corrected chi connectivity index (χ0v) is 11.8. The molecule has 5 heteroatoms. The van der Waals surface area contributed by atoms with Crippen LogP contribution in [0.2, 0.25) is 0 Å². The van der Waals surface area contributed by atoms with Gasteiger partial charge in [0.2, 0.25) is 5.91 Å². The minimum atomic E-state index is -0.938. The Labute approximate surface area is 122 Å². The van der Waals surface area contributed by atoms with Gasteiger partial charge in [0.25, 0.3) is 0 Å². The molecule has 0 heterocycles. The predicted octanol–water partition coefficient (Wildman–Crippen LogP) is 3.40. The maximum Gasteiger partial charge on any atom is 0.335 e. The van der Waals surface area contributed by atoms with Gasteiger partial charge in [-0.05, 0) is 48.9 Å². The van der Waals surface area contributed by atoms with Gasteiger partial charge in [0.15, 0.2) is 0 Å². The van der Waals surface area contributed by atoms with Crippen molar-refractivity contribution in [2.24, 2.45) is 0 Å². The van der Waals surface area contributed by atoms with Crippen molar-refractivity contribution < 1.29 is 14.7 Å². The van der Waals surface area contributed by atoms with Crippen molar-refractivity contribution in [3.05, 3.63) is 53.6 Å². The summed E-state index contributed by atoms with van der Waals surface area (Å²) in [7, 11) is 0. The van der Waals surface area contributed by atoms with Crippen LogP contribution in [-0.4, -0.2) is 17.0 Å². The number of carboxylic acid groups (broad SMARTS) is 1. The van der Waals surface area contributed by atoms with Crippen LogP contribution >= 0.6 is 0 Å². The number of rotatable bonds is 4. The number of hydrogen-bond acceptors (Lipinski definition) is 3. The molecule has 3 N–H and O–H groups in total. The van der Waals surface area contributed by atoms with E-state index in [1.165, 1.54) is 6.92 Å². The first-order chi connectivity index (χ1) is 9.95. The van der Waals surface area contributed by atoms with E-state index >= 15 is 0 Å². The molecule has 0 spiro atoms. The van der Waals surface area contributed by atoms with Gasteiger partial charge >= 0.3 is 5.97 Å². The fraction of sp³-hybridized carbons (Fsp3) is 0.125. The summed E-state index contributed by atoms with van der Waals surface area (Å²) in [6.45, 7) is 3.20. The van der Waals surface area contributed by atoms with Crippen molar-refractivity contribution in [2.75, 3.05) is 10.6 Å². The number of benzene rings is 2. The van der Waals surface area contributed by atoms with E-state index in [9.17, 15) is 9.59 Å². The number of anilines is 3. The molecule has 0 saturated carbocycles. The Balaban J connectivity index is 2.20. The van der Waals surface area contributed by atoms with E-state index < -0.39 is 5.97 Å². The molecule has 108 valence electrons. The molecular formula is C16H16N2O3. The van der Waals surface area contributed by atoms with Crippen molar-refractivity contribution in [1.82, 2.24) is 0 Å². The number of nitrogens with one attached hydrogen (secondary N) is 2. The van der Waals surface area contributed by atoms with Gasteiger partial charge in [0.05, 0.1) is 5.56 Å². The maximum absolute atomic E-state index is 11.0. The van der Waals surface area contributed by atoms with E-state index in [0.29, 0.717) is 11.3 Å². The summed E-state index contributed by atoms with van der Waals surface area (Å²) in [6.07, 6.45) is 0. The highest BCUT2D eigenvalue weighted by molar-refractivity contribution is 5.90. The topological polar surface area (TPSA) is 78.4 Å². The SMILES string of the molecule is CC(=O)Nc1cccc(Nc2ccc(C(=O)O)c(C)c2)c1. The standard InChI is InChI=1S/C16H16N2O3/c1-10-8-14(6-7-15(10)16(20)21)18-13-5-3-4-12(9-13)17-11(2)19/h3-9,18H,1-2H3,(H,17,19)(H,20,21). The minimum absolute atomic E-state index is 0.131. The molecule has 1 amide bonds. The van der Waals surface area contributed by atoms with E-state index in [4.69, 9.17) is 5.11 Å². The molecule has 2 rings (SSSR count). The lowest BCUT2D eigenvalue weighted by Crippen LogP contribution is -2.05. The van der Waals surface area contributed by atoms with Crippen LogP contribution in [0, 0.1) is 6.92 Å². The number of carbonyl (C=O) groups is 2. The van der Waals surface area contributed by atoms with Gasteiger partial charge in [-0.1, -0.05) is 6.07 Å². The van der Waals surface area contributed by atoms with Crippen molar-refractivity contribution in [2.45, 2.75) is 13.8 Å². The third kappa shape index (κ3) is 3.82. The second-order valence-corrected chi connectivity index (χ2v) is 4.72. The smallest absolute Gasteiger partial charge is 0.335 e. The van der Waals surface area contributed by atoms with E-state index in [1.807, 2.05) is 18.2 Å². The van der Waals surface area contributed by atoms with E-state index in [2.05, 4.69) is 10.6 Å². The number of aryl methyl sites for hydroxylation is 1. The molecule has 21 heavy (non-hydrogen) atoms. The quantitative estimate of drug-likeness (QED) is 0.804. The lowest BCUT2D eigenvalue weighted by atomic mass is 10.1. The Morgan fingerprint density at radius 2 is 1.67 bits per heavy atom. The molecule has 0 aliphatic heterocycles. The third-order valence-corrected chi connectivity index (χ3v) is 2.93. The summed E-state index contributed by atoms with van der Waals surface area (Å²) in [6, 6.07) is 12.3. The molecule has 0 aliphatic carbocycles. The second kappa shape index (κ2) is 6.09. The zero-order valence-electron chi connectivity index (χ0n) is 11.8. The van der Waals surface area contributed by atoms with Gasteiger partial charge in [-0.3, -0.25) is 4.79 Å². The zero-order chi connectivity index (χ0) is 15.4. The Bertz CT molecular complexity index is 696. The number of carboxylic acids is 1. The lowest BCUT2D eigenvalue weighted by Gasteiger charge is -2.10. The first-order valence-corrected chi connectivity index (χ1v) is 6.44. The van der Waals surface area contributed by atoms with Crippen molar-refractivity contribution in [3.63, 3.8) is 0 Å². The molecule has 0 atom stereocenters. The van der Waals surface area contributed by atoms with Gasteiger partial charge in [-0.25, -0.2) is 4.79 Å². The van der Waals surface area contributed by atoms with Gasteiger partial charge in [0.1, 0.15) is 0 Å². The fourth-order valence-corrected chi connectivity index (χ4v) is 2.03. The summed E-state index contributed by atoms with van der Waals surface area (Å²) in [4.78, 5) is 22.0. The molecule has 5 nitrogen and oxygen atoms in total. The normalized spacial score (nSPS) is 10.0. The summed E-state index contributed by atoms with van der Waals surface area (Å²) in [5, 5.41) is 14.9. The maximum atomic E-state index is 11.0. The van der Waals surface area contributed by atoms with Gasteiger partial charge in [-0.15, -0.1) is 0 Å². The molecule has 0 fully saturated rings. The highest BCUT2D eigenvalue weighted by Gasteiger charge is 2.07. The average Bonchev–Trinajstić information content (AvgIpc) is 2.37. The molecule has 2 aromatic rings. The average molecular weight is 284 g/mol. The molecule has 0 saturated heterocycles. The molecular weight excluding hydrogens is 268 g/mol. The van der Waals surface area contributed by atoms with Crippen LogP contribution < -0.4 is 10.6 Å². The van der Waals surface area contributed by atoms with Gasteiger partial charge < -0.3 is 15.7 Å². The Hall–Kier alpha value is -2.82. The molecule has 0 radical (unpaired) electrons. The van der Waals surface area contributed by atoms with E-state index in [0.717, 1.165) is 11.4 Å². The number of carbonyl (C=O) groups excluding carboxylic acids is 1. The van der Waals surface area contributed by atoms with Gasteiger partial charge in [0, 0.05) is 24.0 Å². The summed E-state index contributed by atoms with van der Waals surface area (Å²) in [5.41, 5.74) is 3.27. The summed E-state index contributed by atoms with van der Waals surface area (Å²) < 4.78 is 0. The van der Waals surface area contributed by atoms with Crippen molar-refractivity contribution in [3.8, 4) is 0 Å². The number of aromatic carboxylic acids is 1. The van der Waals surface area contributed by atoms with Crippen molar-refractivity contribution >= 4 is 28.9 Å². The van der Waals surface area contributed by atoms with Crippen LogP contribution in [0.3, 0.4) is 0 Å². The van der Waals surface area contributed by atoms with Crippen LogP contribution in [0.25, 0.3) is 0 Å². The highest BCUT2D eigenvalue weighted by atomic mass is 16.4. The summed E-state index contributed by atoms with van der Waals surface area (Å²) in [5.74, 6) is -1.07. The minimum Gasteiger partial charge on any atom is -0.478 e. The Kier molecular flexibility index (Phi) is 4.23. The molecule has 0 aliphatic rings. The van der Waals surface area contributed by atoms with Crippen LogP contribution in [0.1, 0.15) is 22.8 Å². The molecule has 0 unspecified atom stereocenters. The highest BCUT2D eigenvalue weighted by Crippen LogP contribution is 2.22. The van der Waals surface area contributed by atoms with E-state index in [-0.39, 0.29) is 11.5 Å². The molecule has 0 bridgehead atoms. The van der Waals surface area contributed by atoms with Crippen LogP contribution in [0.5, 0.6) is 0 Å². The monoisotopic (exact) mass is 284 g/mol. The van der Waals surface area contributed by atoms with Crippen LogP contribution in [0.15, 0.2) is 42.5 Å². The largest absolute Gasteiger partial charge is 0.478 e. The fourth-order valence-electron chi connectivity index (χ4n) is 2.03. The first-order valence-electron chi connectivity index (χ1n) is 6.44. The molecule has 2 aromatic carbocycles. The predicted molar refractivity (Wildman–Crippen MR) is 82.2 cm³/mol. The Morgan fingerprint density at radius 1 is 1.00 bits per heavy atom. The van der Waals surface area contributed by atoms with Gasteiger partial charge in [-0.2, -0.15) is 0 Å².